The van der Waals surface area contributed by atoms with E-state index in [1.807, 2.05) is 31.3 Å². The summed E-state index contributed by atoms with van der Waals surface area (Å²) in [5.74, 6) is 0.433. The maximum atomic E-state index is 9.00. The van der Waals surface area contributed by atoms with Crippen LogP contribution in [-0.4, -0.2) is 53.8 Å². The Bertz CT molecular complexity index is 1060. The van der Waals surface area contributed by atoms with Gasteiger partial charge in [0.15, 0.2) is 0 Å². The molecule has 156 valence electrons. The number of aliphatic imine (C=N–C) groups is 1. The van der Waals surface area contributed by atoms with E-state index in [0.29, 0.717) is 11.6 Å². The summed E-state index contributed by atoms with van der Waals surface area (Å²) in [5, 5.41) is 20.5. The van der Waals surface area contributed by atoms with Crippen molar-refractivity contribution in [1.82, 2.24) is 24.8 Å². The van der Waals surface area contributed by atoms with Gasteiger partial charge in [-0.3, -0.25) is 9.78 Å². The molecule has 9 nitrogen and oxygen atoms in total. The summed E-state index contributed by atoms with van der Waals surface area (Å²) in [7, 11) is 0. The number of aliphatic carboxylic acids is 1. The Hall–Kier alpha value is -3.62. The summed E-state index contributed by atoms with van der Waals surface area (Å²) in [6.45, 7) is 10.4. The summed E-state index contributed by atoms with van der Waals surface area (Å²) in [4.78, 5) is 20.3. The zero-order chi connectivity index (χ0) is 21.9. The van der Waals surface area contributed by atoms with Crippen molar-refractivity contribution in [2.24, 2.45) is 15.5 Å². The fourth-order valence-electron chi connectivity index (χ4n) is 3.14. The van der Waals surface area contributed by atoms with Gasteiger partial charge in [-0.05, 0) is 26.0 Å². The molecule has 0 saturated heterocycles. The number of fused-ring (bicyclic) bond motifs is 1. The van der Waals surface area contributed by atoms with Crippen LogP contribution in [0.15, 0.2) is 58.7 Å². The molecule has 0 radical (unpaired) electrons. The molecule has 0 spiro atoms. The molecule has 0 bridgehead atoms. The highest BCUT2D eigenvalue weighted by atomic mass is 16.4. The number of pyridine rings is 1. The lowest BCUT2D eigenvalue weighted by Crippen LogP contribution is -2.20. The molecule has 0 fully saturated rings. The van der Waals surface area contributed by atoms with E-state index >= 15 is 0 Å². The van der Waals surface area contributed by atoms with Gasteiger partial charge in [-0.1, -0.05) is 26.0 Å². The lowest BCUT2D eigenvalue weighted by molar-refractivity contribution is -0.134. The largest absolute Gasteiger partial charge is 0.481 e. The van der Waals surface area contributed by atoms with E-state index in [2.05, 4.69) is 58.2 Å². The monoisotopic (exact) mass is 407 g/mol. The number of hydrogen-bond donors (Lipinski definition) is 1. The average Bonchev–Trinajstić information content (AvgIpc) is 3.32. The molecule has 4 rings (SSSR count). The molecule has 2 aliphatic heterocycles. The smallest absolute Gasteiger partial charge is 0.300 e. The molecule has 1 N–H and O–H groups in total. The van der Waals surface area contributed by atoms with Crippen LogP contribution in [0.3, 0.4) is 0 Å². The van der Waals surface area contributed by atoms with Crippen LogP contribution in [-0.2, 0) is 4.79 Å². The average molecular weight is 407 g/mol. The first kappa shape index (κ1) is 21.1. The highest BCUT2D eigenvalue weighted by Gasteiger charge is 2.30. The third-order valence-corrected chi connectivity index (χ3v) is 4.64. The van der Waals surface area contributed by atoms with Crippen molar-refractivity contribution in [3.63, 3.8) is 0 Å². The van der Waals surface area contributed by atoms with Gasteiger partial charge in [0, 0.05) is 43.2 Å². The SMILES string of the molecule is CC(=O)O.CCN1C=CC(C)(C)C1=CN=C1C(C)=Nn2c1nnc2-c1ccccn1. The number of carbonyl (C=O) groups is 1. The summed E-state index contributed by atoms with van der Waals surface area (Å²) < 4.78 is 1.71. The van der Waals surface area contributed by atoms with Gasteiger partial charge in [-0.25, -0.2) is 4.99 Å². The Morgan fingerprint density at radius 2 is 1.97 bits per heavy atom. The maximum Gasteiger partial charge on any atom is 0.300 e. The van der Waals surface area contributed by atoms with Crippen molar-refractivity contribution >= 4 is 17.4 Å². The fourth-order valence-corrected chi connectivity index (χ4v) is 3.14. The van der Waals surface area contributed by atoms with Crippen LogP contribution < -0.4 is 0 Å². The first-order chi connectivity index (χ1) is 14.2. The minimum absolute atomic E-state index is 0.0451. The van der Waals surface area contributed by atoms with Crippen molar-refractivity contribution < 1.29 is 9.90 Å². The number of aromatic nitrogens is 4. The number of nitrogens with zero attached hydrogens (tertiary/aromatic N) is 7. The van der Waals surface area contributed by atoms with Gasteiger partial charge < -0.3 is 10.0 Å². The number of allylic oxidation sites excluding steroid dienone is 1. The normalized spacial score (nSPS) is 19.0. The van der Waals surface area contributed by atoms with Gasteiger partial charge in [-0.2, -0.15) is 9.78 Å². The van der Waals surface area contributed by atoms with Gasteiger partial charge in [0.05, 0.1) is 5.71 Å². The second-order valence-corrected chi connectivity index (χ2v) is 7.39. The molecule has 0 aliphatic carbocycles. The number of carboxylic acid groups (broad SMARTS) is 1. The molecule has 2 aromatic heterocycles. The Kier molecular flexibility index (Phi) is 5.91. The molecule has 30 heavy (non-hydrogen) atoms. The third kappa shape index (κ3) is 4.19. The predicted molar refractivity (Wildman–Crippen MR) is 115 cm³/mol. The maximum absolute atomic E-state index is 9.00. The first-order valence-electron chi connectivity index (χ1n) is 9.61. The van der Waals surface area contributed by atoms with Crippen molar-refractivity contribution in [3.05, 3.63) is 54.4 Å². The van der Waals surface area contributed by atoms with Gasteiger partial charge in [-0.15, -0.1) is 10.2 Å². The molecule has 2 aromatic rings. The van der Waals surface area contributed by atoms with Crippen LogP contribution in [0.4, 0.5) is 0 Å². The Morgan fingerprint density at radius 1 is 1.27 bits per heavy atom. The number of hydrogen-bond acceptors (Lipinski definition) is 7. The second-order valence-electron chi connectivity index (χ2n) is 7.39. The number of carboxylic acids is 1. The quantitative estimate of drug-likeness (QED) is 0.837. The highest BCUT2D eigenvalue weighted by Crippen LogP contribution is 2.36. The molecule has 0 unspecified atom stereocenters. The van der Waals surface area contributed by atoms with Crippen molar-refractivity contribution in [3.8, 4) is 11.5 Å². The van der Waals surface area contributed by atoms with E-state index in [1.165, 1.54) is 0 Å². The molecule has 0 saturated carbocycles. The van der Waals surface area contributed by atoms with Crippen LogP contribution >= 0.6 is 0 Å². The Labute approximate surface area is 175 Å². The highest BCUT2D eigenvalue weighted by molar-refractivity contribution is 6.48. The molecular weight excluding hydrogens is 382 g/mol. The lowest BCUT2D eigenvalue weighted by Gasteiger charge is -2.24. The fraction of sp³-hybridized carbons (Fsp3) is 0.333. The van der Waals surface area contributed by atoms with E-state index in [-0.39, 0.29) is 5.41 Å². The van der Waals surface area contributed by atoms with E-state index in [1.54, 1.807) is 10.9 Å². The van der Waals surface area contributed by atoms with Gasteiger partial charge in [0.1, 0.15) is 11.4 Å². The summed E-state index contributed by atoms with van der Waals surface area (Å²) in [6.07, 6.45) is 7.96. The van der Waals surface area contributed by atoms with Crippen molar-refractivity contribution in [2.75, 3.05) is 6.54 Å². The van der Waals surface area contributed by atoms with E-state index < -0.39 is 5.97 Å². The van der Waals surface area contributed by atoms with Crippen LogP contribution in [0.25, 0.3) is 11.5 Å². The van der Waals surface area contributed by atoms with Crippen molar-refractivity contribution in [2.45, 2.75) is 34.6 Å². The van der Waals surface area contributed by atoms with E-state index in [9.17, 15) is 0 Å². The Balaban J connectivity index is 0.000000589. The lowest BCUT2D eigenvalue weighted by atomic mass is 9.92. The van der Waals surface area contributed by atoms with E-state index in [4.69, 9.17) is 14.9 Å². The topological polar surface area (TPSA) is 109 Å². The van der Waals surface area contributed by atoms with E-state index in [0.717, 1.165) is 36.3 Å². The third-order valence-electron chi connectivity index (χ3n) is 4.64. The molecule has 0 aromatic carbocycles. The summed E-state index contributed by atoms with van der Waals surface area (Å²) >= 11 is 0. The van der Waals surface area contributed by atoms with Gasteiger partial charge >= 0.3 is 0 Å². The predicted octanol–water partition coefficient (Wildman–Crippen LogP) is 3.17. The molecule has 9 heteroatoms. The Morgan fingerprint density at radius 3 is 2.60 bits per heavy atom. The summed E-state index contributed by atoms with van der Waals surface area (Å²) in [5.41, 5.74) is 3.40. The molecular formula is C21H25N7O2. The minimum atomic E-state index is -0.833. The zero-order valence-corrected chi connectivity index (χ0v) is 17.7. The van der Waals surface area contributed by atoms with Crippen LogP contribution in [0.1, 0.15) is 40.4 Å². The number of rotatable bonds is 3. The minimum Gasteiger partial charge on any atom is -0.481 e. The second kappa shape index (κ2) is 8.40. The van der Waals surface area contributed by atoms with Gasteiger partial charge in [0.2, 0.25) is 11.6 Å². The van der Waals surface area contributed by atoms with Crippen LogP contribution in [0.2, 0.25) is 0 Å². The van der Waals surface area contributed by atoms with Gasteiger partial charge in [0.25, 0.3) is 5.97 Å². The molecule has 0 atom stereocenters. The molecule has 4 heterocycles. The molecule has 0 amide bonds. The zero-order valence-electron chi connectivity index (χ0n) is 17.7. The summed E-state index contributed by atoms with van der Waals surface area (Å²) in [6, 6.07) is 5.68. The molecule has 2 aliphatic rings. The standard InChI is InChI=1S/C19H21N7.C2H4O2/c1-5-25-11-9-19(3,4)15(25)12-21-16-13(2)24-26-17(22-23-18(16)26)14-8-6-7-10-20-14;1-2(3)4/h6-12H,5H2,1-4H3;1H3,(H,3,4). The van der Waals surface area contributed by atoms with Crippen LogP contribution in [0.5, 0.6) is 0 Å². The first-order valence-corrected chi connectivity index (χ1v) is 9.61. The van der Waals surface area contributed by atoms with Crippen LogP contribution in [0, 0.1) is 5.41 Å². The van der Waals surface area contributed by atoms with Crippen molar-refractivity contribution in [1.29, 1.82) is 0 Å².